The molecule has 0 fully saturated rings. The van der Waals surface area contributed by atoms with Crippen molar-refractivity contribution in [2.75, 3.05) is 14.1 Å². The van der Waals surface area contributed by atoms with E-state index in [-0.39, 0.29) is 5.56 Å². The molecule has 2 rings (SSSR count). The summed E-state index contributed by atoms with van der Waals surface area (Å²) in [7, 11) is 4.10. The van der Waals surface area contributed by atoms with Crippen LogP contribution in [0.25, 0.3) is 0 Å². The van der Waals surface area contributed by atoms with E-state index < -0.39 is 0 Å². The molecule has 2 nitrogen and oxygen atoms in total. The molecule has 0 N–H and O–H groups in total. The zero-order chi connectivity index (χ0) is 14.2. The topological polar surface area (TPSA) is 12.5 Å². The number of hydrogen-bond donors (Lipinski definition) is 0. The van der Waals surface area contributed by atoms with Crippen LogP contribution in [-0.2, 0) is 17.1 Å². The zero-order valence-corrected chi connectivity index (χ0v) is 12.8. The summed E-state index contributed by atoms with van der Waals surface area (Å²) in [5.74, 6) is 0.957. The Kier molecular flexibility index (Phi) is 6.12. The molecular formula is C17H21NOS. The van der Waals surface area contributed by atoms with Gasteiger partial charge in [-0.3, -0.25) is 4.90 Å². The molecule has 3 heteroatoms. The first kappa shape index (κ1) is 15.1. The lowest BCUT2D eigenvalue weighted by atomic mass is 10.2. The third-order valence-electron chi connectivity index (χ3n) is 2.89. The van der Waals surface area contributed by atoms with Crippen molar-refractivity contribution < 1.29 is 4.74 Å². The van der Waals surface area contributed by atoms with Crippen LogP contribution in [0, 0.1) is 0 Å². The summed E-state index contributed by atoms with van der Waals surface area (Å²) in [5.41, 5.74) is 2.60. The molecule has 1 atom stereocenters. The van der Waals surface area contributed by atoms with Crippen molar-refractivity contribution in [2.45, 2.75) is 17.9 Å². The molecular weight excluding hydrogens is 266 g/mol. The van der Waals surface area contributed by atoms with Crippen LogP contribution < -0.4 is 0 Å². The van der Waals surface area contributed by atoms with Gasteiger partial charge in [-0.15, -0.1) is 11.8 Å². The maximum absolute atomic E-state index is 6.00. The van der Waals surface area contributed by atoms with Crippen molar-refractivity contribution in [2.24, 2.45) is 0 Å². The normalized spacial score (nSPS) is 12.6. The van der Waals surface area contributed by atoms with Crippen molar-refractivity contribution in [3.8, 4) is 0 Å². The van der Waals surface area contributed by atoms with E-state index in [4.69, 9.17) is 4.74 Å². The third-order valence-corrected chi connectivity index (χ3v) is 4.24. The van der Waals surface area contributed by atoms with Crippen LogP contribution >= 0.6 is 11.8 Å². The standard InChI is InChI=1S/C17H21NOS/c1-18(2)17(19-13-15-9-5-3-6-10-15)20-14-16-11-7-4-8-12-16/h3-12,17H,13-14H2,1-2H3. The molecule has 0 aromatic heterocycles. The van der Waals surface area contributed by atoms with Crippen LogP contribution in [0.2, 0.25) is 0 Å². The van der Waals surface area contributed by atoms with Crippen molar-refractivity contribution in [3.05, 3.63) is 71.8 Å². The number of ether oxygens (including phenoxy) is 1. The van der Waals surface area contributed by atoms with Gasteiger partial charge in [0.15, 0.2) is 5.56 Å². The fourth-order valence-corrected chi connectivity index (χ4v) is 2.82. The van der Waals surface area contributed by atoms with E-state index in [2.05, 4.69) is 41.3 Å². The summed E-state index contributed by atoms with van der Waals surface area (Å²) >= 11 is 1.81. The molecule has 0 amide bonds. The predicted molar refractivity (Wildman–Crippen MR) is 86.4 cm³/mol. The monoisotopic (exact) mass is 287 g/mol. The molecule has 0 saturated heterocycles. The van der Waals surface area contributed by atoms with Crippen molar-refractivity contribution in [1.29, 1.82) is 0 Å². The molecule has 0 aliphatic rings. The lowest BCUT2D eigenvalue weighted by Crippen LogP contribution is -2.27. The second-order valence-corrected chi connectivity index (χ2v) is 5.89. The molecule has 2 aromatic rings. The average molecular weight is 287 g/mol. The SMILES string of the molecule is CN(C)C(OCc1ccccc1)SCc1ccccc1. The molecule has 1 unspecified atom stereocenters. The first-order valence-corrected chi connectivity index (χ1v) is 7.78. The summed E-state index contributed by atoms with van der Waals surface area (Å²) in [6, 6.07) is 20.8. The molecule has 0 aliphatic carbocycles. The minimum Gasteiger partial charge on any atom is -0.349 e. The van der Waals surface area contributed by atoms with Gasteiger partial charge in [0.25, 0.3) is 0 Å². The number of nitrogens with zero attached hydrogens (tertiary/aromatic N) is 1. The highest BCUT2D eigenvalue weighted by molar-refractivity contribution is 7.98. The second-order valence-electron chi connectivity index (χ2n) is 4.86. The lowest BCUT2D eigenvalue weighted by Gasteiger charge is -2.24. The highest BCUT2D eigenvalue weighted by atomic mass is 32.2. The Morgan fingerprint density at radius 2 is 1.45 bits per heavy atom. The molecule has 0 saturated carbocycles. The van der Waals surface area contributed by atoms with E-state index in [1.54, 1.807) is 11.8 Å². The summed E-state index contributed by atoms with van der Waals surface area (Å²) in [5, 5.41) is 0. The molecule has 0 heterocycles. The lowest BCUT2D eigenvalue weighted by molar-refractivity contribution is 0.0168. The summed E-state index contributed by atoms with van der Waals surface area (Å²) < 4.78 is 6.00. The Morgan fingerprint density at radius 1 is 0.900 bits per heavy atom. The smallest absolute Gasteiger partial charge is 0.159 e. The second kappa shape index (κ2) is 8.10. The fraction of sp³-hybridized carbons (Fsp3) is 0.294. The maximum atomic E-state index is 6.00. The van der Waals surface area contributed by atoms with E-state index >= 15 is 0 Å². The number of thioether (sulfide) groups is 1. The first-order chi connectivity index (χ1) is 9.75. The van der Waals surface area contributed by atoms with Crippen LogP contribution in [0.1, 0.15) is 11.1 Å². The average Bonchev–Trinajstić information content (AvgIpc) is 2.49. The van der Waals surface area contributed by atoms with Gasteiger partial charge in [0.05, 0.1) is 6.61 Å². The fourth-order valence-electron chi connectivity index (χ4n) is 1.83. The minimum atomic E-state index is 0.0652. The van der Waals surface area contributed by atoms with Gasteiger partial charge in [0.2, 0.25) is 0 Å². The third kappa shape index (κ3) is 5.00. The number of hydrogen-bond acceptors (Lipinski definition) is 3. The van der Waals surface area contributed by atoms with Crippen LogP contribution in [0.4, 0.5) is 0 Å². The van der Waals surface area contributed by atoms with Gasteiger partial charge in [0.1, 0.15) is 0 Å². The Hall–Kier alpha value is -1.29. The molecule has 0 aliphatic heterocycles. The van der Waals surface area contributed by atoms with E-state index in [9.17, 15) is 0 Å². The van der Waals surface area contributed by atoms with Gasteiger partial charge in [-0.2, -0.15) is 0 Å². The zero-order valence-electron chi connectivity index (χ0n) is 12.0. The molecule has 0 radical (unpaired) electrons. The van der Waals surface area contributed by atoms with Gasteiger partial charge in [-0.25, -0.2) is 0 Å². The van der Waals surface area contributed by atoms with E-state index in [1.165, 1.54) is 11.1 Å². The predicted octanol–water partition coefficient (Wildman–Crippen LogP) is 3.98. The van der Waals surface area contributed by atoms with Gasteiger partial charge in [-0.1, -0.05) is 60.7 Å². The van der Waals surface area contributed by atoms with Gasteiger partial charge >= 0.3 is 0 Å². The molecule has 2 aromatic carbocycles. The molecule has 0 bridgehead atoms. The van der Waals surface area contributed by atoms with Crippen LogP contribution in [0.3, 0.4) is 0 Å². The number of benzene rings is 2. The summed E-state index contributed by atoms with van der Waals surface area (Å²) in [6.45, 7) is 0.644. The van der Waals surface area contributed by atoms with Gasteiger partial charge in [-0.05, 0) is 25.2 Å². The van der Waals surface area contributed by atoms with Crippen molar-refractivity contribution >= 4 is 11.8 Å². The Balaban J connectivity index is 1.84. The molecule has 20 heavy (non-hydrogen) atoms. The Morgan fingerprint density at radius 3 is 2.00 bits per heavy atom. The van der Waals surface area contributed by atoms with Crippen LogP contribution in [-0.4, -0.2) is 24.6 Å². The van der Waals surface area contributed by atoms with E-state index in [0.29, 0.717) is 6.61 Å². The molecule has 0 spiro atoms. The van der Waals surface area contributed by atoms with Crippen LogP contribution in [0.5, 0.6) is 0 Å². The summed E-state index contributed by atoms with van der Waals surface area (Å²) in [4.78, 5) is 2.11. The van der Waals surface area contributed by atoms with Crippen molar-refractivity contribution in [1.82, 2.24) is 4.90 Å². The Bertz CT molecular complexity index is 443. The van der Waals surface area contributed by atoms with Gasteiger partial charge < -0.3 is 4.74 Å². The highest BCUT2D eigenvalue weighted by Crippen LogP contribution is 2.21. The summed E-state index contributed by atoms with van der Waals surface area (Å²) in [6.07, 6.45) is 0. The first-order valence-electron chi connectivity index (χ1n) is 6.73. The van der Waals surface area contributed by atoms with Gasteiger partial charge in [0, 0.05) is 5.75 Å². The number of rotatable bonds is 7. The van der Waals surface area contributed by atoms with Crippen LogP contribution in [0.15, 0.2) is 60.7 Å². The van der Waals surface area contributed by atoms with E-state index in [1.807, 2.05) is 38.4 Å². The largest absolute Gasteiger partial charge is 0.349 e. The minimum absolute atomic E-state index is 0.0652. The maximum Gasteiger partial charge on any atom is 0.159 e. The Labute approximate surface area is 125 Å². The quantitative estimate of drug-likeness (QED) is 0.715. The van der Waals surface area contributed by atoms with E-state index in [0.717, 1.165) is 5.75 Å². The highest BCUT2D eigenvalue weighted by Gasteiger charge is 2.12. The molecule has 106 valence electrons. The van der Waals surface area contributed by atoms with Crippen molar-refractivity contribution in [3.63, 3.8) is 0 Å².